The molecule has 2 aromatic rings. The average molecular weight is 310 g/mol. The van der Waals surface area contributed by atoms with Crippen molar-refractivity contribution >= 4 is 34.8 Å². The number of nitrogens with zero attached hydrogens (tertiary/aromatic N) is 2. The number of nitro benzene ring substituents is 1. The van der Waals surface area contributed by atoms with Crippen LogP contribution in [0.3, 0.4) is 0 Å². The van der Waals surface area contributed by atoms with Crippen molar-refractivity contribution in [2.24, 2.45) is 0 Å². The summed E-state index contributed by atoms with van der Waals surface area (Å²) in [4.78, 5) is 26.3. The maximum absolute atomic E-state index is 11.1. The molecule has 1 N–H and O–H groups in total. The first-order chi connectivity index (χ1) is 9.38. The molecule has 0 saturated heterocycles. The summed E-state index contributed by atoms with van der Waals surface area (Å²) in [6.45, 7) is 3.45. The molecule has 0 aliphatic rings. The molecule has 2 rings (SSSR count). The van der Waals surface area contributed by atoms with E-state index in [-0.39, 0.29) is 11.3 Å². The van der Waals surface area contributed by atoms with Crippen molar-refractivity contribution in [3.63, 3.8) is 0 Å². The van der Waals surface area contributed by atoms with Crippen molar-refractivity contribution < 1.29 is 14.8 Å². The zero-order chi connectivity index (χ0) is 14.9. The monoisotopic (exact) mass is 310 g/mol. The van der Waals surface area contributed by atoms with Crippen LogP contribution in [0.25, 0.3) is 0 Å². The third kappa shape index (κ3) is 2.97. The molecule has 104 valence electrons. The highest BCUT2D eigenvalue weighted by Crippen LogP contribution is 2.36. The van der Waals surface area contributed by atoms with Crippen LogP contribution in [0, 0.1) is 24.0 Å². The van der Waals surface area contributed by atoms with E-state index in [0.29, 0.717) is 10.5 Å². The second-order valence-corrected chi connectivity index (χ2v) is 6.18. The van der Waals surface area contributed by atoms with Crippen LogP contribution in [-0.4, -0.2) is 21.0 Å². The first kappa shape index (κ1) is 14.5. The molecule has 0 atom stereocenters. The van der Waals surface area contributed by atoms with Crippen LogP contribution in [0.2, 0.25) is 0 Å². The molecular formula is C12H10N2O4S2. The normalized spacial score (nSPS) is 10.5. The van der Waals surface area contributed by atoms with E-state index in [2.05, 4.69) is 4.98 Å². The molecule has 1 heterocycles. The smallest absolute Gasteiger partial charge is 0.335 e. The summed E-state index contributed by atoms with van der Waals surface area (Å²) in [7, 11) is 0. The van der Waals surface area contributed by atoms with Gasteiger partial charge in [-0.05, 0) is 19.9 Å². The van der Waals surface area contributed by atoms with Crippen molar-refractivity contribution in [2.75, 3.05) is 0 Å². The number of carboxylic acid groups (broad SMARTS) is 1. The van der Waals surface area contributed by atoms with Crippen LogP contribution < -0.4 is 0 Å². The molecule has 0 unspecified atom stereocenters. The van der Waals surface area contributed by atoms with Crippen molar-refractivity contribution in [1.29, 1.82) is 0 Å². The lowest BCUT2D eigenvalue weighted by Crippen LogP contribution is -2.01. The standard InChI is InChI=1S/C12H10N2O4S2/c1-6-5-19-12(13-6)20-10-4-8(11(15)16)3-9(7(10)2)14(17)18/h3-5H,1-2H3,(H,15,16). The lowest BCUT2D eigenvalue weighted by Gasteiger charge is -2.06. The van der Waals surface area contributed by atoms with Gasteiger partial charge in [-0.2, -0.15) is 0 Å². The molecule has 6 nitrogen and oxygen atoms in total. The van der Waals surface area contributed by atoms with Gasteiger partial charge < -0.3 is 5.11 Å². The molecule has 1 aromatic carbocycles. The fourth-order valence-corrected chi connectivity index (χ4v) is 3.51. The van der Waals surface area contributed by atoms with Crippen LogP contribution in [-0.2, 0) is 0 Å². The highest BCUT2D eigenvalue weighted by Gasteiger charge is 2.20. The SMILES string of the molecule is Cc1csc(Sc2cc(C(=O)O)cc([N+](=O)[O-])c2C)n1. The van der Waals surface area contributed by atoms with Crippen LogP contribution in [0.1, 0.15) is 21.6 Å². The van der Waals surface area contributed by atoms with Gasteiger partial charge in [0.15, 0.2) is 4.34 Å². The summed E-state index contributed by atoms with van der Waals surface area (Å²) >= 11 is 2.65. The minimum Gasteiger partial charge on any atom is -0.478 e. The molecule has 0 fully saturated rings. The highest BCUT2D eigenvalue weighted by atomic mass is 32.2. The van der Waals surface area contributed by atoms with Crippen molar-refractivity contribution in [3.05, 3.63) is 44.4 Å². The van der Waals surface area contributed by atoms with Crippen LogP contribution in [0.4, 0.5) is 5.69 Å². The van der Waals surface area contributed by atoms with E-state index in [4.69, 9.17) is 5.11 Å². The zero-order valence-electron chi connectivity index (χ0n) is 10.6. The first-order valence-electron chi connectivity index (χ1n) is 5.51. The number of carbonyl (C=O) groups is 1. The van der Waals surface area contributed by atoms with E-state index in [1.807, 2.05) is 12.3 Å². The first-order valence-corrected chi connectivity index (χ1v) is 7.20. The minimum atomic E-state index is -1.19. The van der Waals surface area contributed by atoms with Gasteiger partial charge in [0.1, 0.15) is 0 Å². The Morgan fingerprint density at radius 2 is 2.15 bits per heavy atom. The van der Waals surface area contributed by atoms with Crippen molar-refractivity contribution in [1.82, 2.24) is 4.98 Å². The van der Waals surface area contributed by atoms with Gasteiger partial charge in [-0.3, -0.25) is 10.1 Å². The van der Waals surface area contributed by atoms with E-state index in [1.165, 1.54) is 29.2 Å². The maximum Gasteiger partial charge on any atom is 0.335 e. The quantitative estimate of drug-likeness (QED) is 0.686. The predicted octanol–water partition coefficient (Wildman–Crippen LogP) is 3.52. The summed E-state index contributed by atoms with van der Waals surface area (Å²) in [5, 5.41) is 21.9. The maximum atomic E-state index is 11.1. The van der Waals surface area contributed by atoms with Crippen LogP contribution >= 0.6 is 23.1 Å². The van der Waals surface area contributed by atoms with E-state index >= 15 is 0 Å². The Balaban J connectivity index is 2.50. The average Bonchev–Trinajstić information content (AvgIpc) is 2.76. The Kier molecular flexibility index (Phi) is 4.05. The number of aromatic nitrogens is 1. The Hall–Kier alpha value is -1.93. The van der Waals surface area contributed by atoms with Gasteiger partial charge in [0, 0.05) is 27.6 Å². The third-order valence-electron chi connectivity index (χ3n) is 2.57. The van der Waals surface area contributed by atoms with Crippen LogP contribution in [0.5, 0.6) is 0 Å². The Morgan fingerprint density at radius 1 is 1.45 bits per heavy atom. The number of thiazole rings is 1. The molecule has 1 aromatic heterocycles. The summed E-state index contributed by atoms with van der Waals surface area (Å²) in [6, 6.07) is 2.51. The Morgan fingerprint density at radius 3 is 2.65 bits per heavy atom. The van der Waals surface area contributed by atoms with Gasteiger partial charge in [0.2, 0.25) is 0 Å². The molecule has 0 radical (unpaired) electrons. The number of nitro groups is 1. The predicted molar refractivity (Wildman–Crippen MR) is 75.8 cm³/mol. The lowest BCUT2D eigenvalue weighted by molar-refractivity contribution is -0.385. The van der Waals surface area contributed by atoms with Gasteiger partial charge in [-0.1, -0.05) is 11.8 Å². The highest BCUT2D eigenvalue weighted by molar-refractivity contribution is 8.01. The van der Waals surface area contributed by atoms with Gasteiger partial charge in [0.05, 0.1) is 10.5 Å². The summed E-state index contributed by atoms with van der Waals surface area (Å²) < 4.78 is 0.724. The zero-order valence-corrected chi connectivity index (χ0v) is 12.2. The molecule has 0 aliphatic carbocycles. The molecule has 8 heteroatoms. The Labute approximate surface area is 122 Å². The van der Waals surface area contributed by atoms with E-state index in [0.717, 1.165) is 16.1 Å². The molecule has 0 spiro atoms. The van der Waals surface area contributed by atoms with Gasteiger partial charge in [-0.15, -0.1) is 11.3 Å². The topological polar surface area (TPSA) is 93.3 Å². The van der Waals surface area contributed by atoms with E-state index < -0.39 is 10.9 Å². The molecule has 0 bridgehead atoms. The number of aromatic carboxylic acids is 1. The number of hydrogen-bond acceptors (Lipinski definition) is 6. The van der Waals surface area contributed by atoms with E-state index in [9.17, 15) is 14.9 Å². The lowest BCUT2D eigenvalue weighted by atomic mass is 10.1. The van der Waals surface area contributed by atoms with Gasteiger partial charge in [-0.25, -0.2) is 9.78 Å². The molecular weight excluding hydrogens is 300 g/mol. The second-order valence-electron chi connectivity index (χ2n) is 4.04. The number of rotatable bonds is 4. The molecule has 0 aliphatic heterocycles. The summed E-state index contributed by atoms with van der Waals surface area (Å²) in [5.74, 6) is -1.19. The largest absolute Gasteiger partial charge is 0.478 e. The molecule has 0 saturated carbocycles. The fourth-order valence-electron chi connectivity index (χ4n) is 1.57. The molecule has 0 amide bonds. The van der Waals surface area contributed by atoms with Crippen molar-refractivity contribution in [2.45, 2.75) is 23.1 Å². The third-order valence-corrected chi connectivity index (χ3v) is 4.77. The number of benzene rings is 1. The van der Waals surface area contributed by atoms with Crippen molar-refractivity contribution in [3.8, 4) is 0 Å². The summed E-state index contributed by atoms with van der Waals surface area (Å²) in [5.41, 5.74) is 1.01. The second kappa shape index (κ2) is 5.59. The number of aryl methyl sites for hydroxylation is 1. The molecule has 20 heavy (non-hydrogen) atoms. The Bertz CT molecular complexity index is 697. The van der Waals surface area contributed by atoms with E-state index in [1.54, 1.807) is 6.92 Å². The minimum absolute atomic E-state index is 0.0990. The summed E-state index contributed by atoms with van der Waals surface area (Å²) in [6.07, 6.45) is 0. The number of carboxylic acids is 1. The fraction of sp³-hybridized carbons (Fsp3) is 0.167. The van der Waals surface area contributed by atoms with Crippen LogP contribution in [0.15, 0.2) is 26.7 Å². The van der Waals surface area contributed by atoms with Gasteiger partial charge in [0.25, 0.3) is 5.69 Å². The van der Waals surface area contributed by atoms with Gasteiger partial charge >= 0.3 is 5.97 Å². The number of hydrogen-bond donors (Lipinski definition) is 1.